The first-order valence-corrected chi connectivity index (χ1v) is 6.87. The molecule has 0 spiro atoms. The minimum atomic E-state index is -0.610. The molecule has 21 heavy (non-hydrogen) atoms. The van der Waals surface area contributed by atoms with Gasteiger partial charge in [-0.2, -0.15) is 0 Å². The SMILES string of the molecule is COc1ccc(C(C)(C)C(=O)NCc2ccccn2)cc1. The lowest BCUT2D eigenvalue weighted by Gasteiger charge is -2.24. The molecular formula is C17H20N2O2. The maximum absolute atomic E-state index is 12.4. The number of ether oxygens (including phenoxy) is 1. The second-order valence-electron chi connectivity index (χ2n) is 5.36. The van der Waals surface area contributed by atoms with Gasteiger partial charge in [0.25, 0.3) is 0 Å². The Morgan fingerprint density at radius 2 is 1.90 bits per heavy atom. The minimum absolute atomic E-state index is 0.0293. The maximum atomic E-state index is 12.4. The van der Waals surface area contributed by atoms with Crippen LogP contribution in [0.25, 0.3) is 0 Å². The van der Waals surface area contributed by atoms with Gasteiger partial charge in [-0.1, -0.05) is 18.2 Å². The number of hydrogen-bond acceptors (Lipinski definition) is 3. The van der Waals surface area contributed by atoms with Crippen LogP contribution < -0.4 is 10.1 Å². The predicted octanol–water partition coefficient (Wildman–Crippen LogP) is 2.68. The fraction of sp³-hybridized carbons (Fsp3) is 0.294. The van der Waals surface area contributed by atoms with Gasteiger partial charge < -0.3 is 10.1 Å². The Morgan fingerprint density at radius 3 is 2.48 bits per heavy atom. The quantitative estimate of drug-likeness (QED) is 0.918. The summed E-state index contributed by atoms with van der Waals surface area (Å²) in [5.41, 5.74) is 1.18. The zero-order chi connectivity index (χ0) is 15.3. The second-order valence-corrected chi connectivity index (χ2v) is 5.36. The van der Waals surface area contributed by atoms with Crippen LogP contribution in [0.4, 0.5) is 0 Å². The number of aromatic nitrogens is 1. The van der Waals surface area contributed by atoms with Crippen LogP contribution in [0.2, 0.25) is 0 Å². The van der Waals surface area contributed by atoms with Gasteiger partial charge in [0.15, 0.2) is 0 Å². The Balaban J connectivity index is 2.05. The first kappa shape index (κ1) is 15.0. The zero-order valence-electron chi connectivity index (χ0n) is 12.6. The minimum Gasteiger partial charge on any atom is -0.497 e. The molecule has 0 aliphatic rings. The van der Waals surface area contributed by atoms with Crippen molar-refractivity contribution in [3.8, 4) is 5.75 Å². The molecule has 0 fully saturated rings. The molecule has 1 N–H and O–H groups in total. The number of carbonyl (C=O) groups excluding carboxylic acids is 1. The molecule has 0 saturated carbocycles. The summed E-state index contributed by atoms with van der Waals surface area (Å²) in [6.07, 6.45) is 1.72. The van der Waals surface area contributed by atoms with E-state index >= 15 is 0 Å². The predicted molar refractivity (Wildman–Crippen MR) is 82.1 cm³/mol. The molecule has 0 aliphatic heterocycles. The van der Waals surface area contributed by atoms with E-state index in [9.17, 15) is 4.79 Å². The monoisotopic (exact) mass is 284 g/mol. The molecular weight excluding hydrogens is 264 g/mol. The highest BCUT2D eigenvalue weighted by Crippen LogP contribution is 2.25. The number of pyridine rings is 1. The molecule has 2 rings (SSSR count). The lowest BCUT2D eigenvalue weighted by Crippen LogP contribution is -2.39. The fourth-order valence-corrected chi connectivity index (χ4v) is 2.03. The average molecular weight is 284 g/mol. The van der Waals surface area contributed by atoms with Crippen molar-refractivity contribution >= 4 is 5.91 Å². The Morgan fingerprint density at radius 1 is 1.19 bits per heavy atom. The van der Waals surface area contributed by atoms with Crippen molar-refractivity contribution in [3.63, 3.8) is 0 Å². The van der Waals surface area contributed by atoms with Crippen molar-refractivity contribution in [2.24, 2.45) is 0 Å². The zero-order valence-corrected chi connectivity index (χ0v) is 12.6. The van der Waals surface area contributed by atoms with Crippen LogP contribution in [0, 0.1) is 0 Å². The van der Waals surface area contributed by atoms with Gasteiger partial charge in [-0.15, -0.1) is 0 Å². The molecule has 0 radical (unpaired) electrons. The Kier molecular flexibility index (Phi) is 4.58. The largest absolute Gasteiger partial charge is 0.497 e. The summed E-state index contributed by atoms with van der Waals surface area (Å²) in [5.74, 6) is 0.752. The number of rotatable bonds is 5. The van der Waals surface area contributed by atoms with Gasteiger partial charge in [0, 0.05) is 6.20 Å². The van der Waals surface area contributed by atoms with E-state index in [0.717, 1.165) is 17.0 Å². The van der Waals surface area contributed by atoms with Crippen LogP contribution in [0.1, 0.15) is 25.1 Å². The van der Waals surface area contributed by atoms with E-state index in [1.807, 2.05) is 56.3 Å². The van der Waals surface area contributed by atoms with E-state index in [4.69, 9.17) is 4.74 Å². The van der Waals surface area contributed by atoms with E-state index in [1.165, 1.54) is 0 Å². The molecule has 0 unspecified atom stereocenters. The summed E-state index contributed by atoms with van der Waals surface area (Å²) in [5, 5.41) is 2.93. The van der Waals surface area contributed by atoms with Gasteiger partial charge in [0.05, 0.1) is 24.8 Å². The van der Waals surface area contributed by atoms with Gasteiger partial charge in [-0.3, -0.25) is 9.78 Å². The summed E-state index contributed by atoms with van der Waals surface area (Å²) < 4.78 is 5.14. The van der Waals surface area contributed by atoms with E-state index in [1.54, 1.807) is 13.3 Å². The van der Waals surface area contributed by atoms with Crippen LogP contribution in [-0.2, 0) is 16.8 Å². The first-order chi connectivity index (χ1) is 10.0. The molecule has 0 bridgehead atoms. The number of amides is 1. The van der Waals surface area contributed by atoms with Crippen LogP contribution in [0.15, 0.2) is 48.7 Å². The van der Waals surface area contributed by atoms with Crippen LogP contribution in [-0.4, -0.2) is 18.0 Å². The molecule has 2 aromatic rings. The van der Waals surface area contributed by atoms with Gasteiger partial charge in [0.1, 0.15) is 5.75 Å². The van der Waals surface area contributed by atoms with Crippen LogP contribution in [0.3, 0.4) is 0 Å². The van der Waals surface area contributed by atoms with Crippen LogP contribution in [0.5, 0.6) is 5.75 Å². The smallest absolute Gasteiger partial charge is 0.230 e. The molecule has 1 amide bonds. The van der Waals surface area contributed by atoms with Crippen molar-refractivity contribution < 1.29 is 9.53 Å². The number of hydrogen-bond donors (Lipinski definition) is 1. The summed E-state index contributed by atoms with van der Waals surface area (Å²) in [6, 6.07) is 13.2. The van der Waals surface area contributed by atoms with Gasteiger partial charge in [-0.25, -0.2) is 0 Å². The van der Waals surface area contributed by atoms with E-state index in [2.05, 4.69) is 10.3 Å². The summed E-state index contributed by atoms with van der Waals surface area (Å²) in [4.78, 5) is 16.6. The molecule has 1 heterocycles. The highest BCUT2D eigenvalue weighted by molar-refractivity contribution is 5.87. The summed E-state index contributed by atoms with van der Waals surface area (Å²) in [6.45, 7) is 4.24. The number of nitrogens with one attached hydrogen (secondary N) is 1. The Hall–Kier alpha value is -2.36. The molecule has 1 aromatic carbocycles. The molecule has 0 atom stereocenters. The standard InChI is InChI=1S/C17H20N2O2/c1-17(2,13-7-9-15(21-3)10-8-13)16(20)19-12-14-6-4-5-11-18-14/h4-11H,12H2,1-3H3,(H,19,20). The first-order valence-electron chi connectivity index (χ1n) is 6.87. The fourth-order valence-electron chi connectivity index (χ4n) is 2.03. The lowest BCUT2D eigenvalue weighted by molar-refractivity contribution is -0.125. The molecule has 110 valence electrons. The maximum Gasteiger partial charge on any atom is 0.230 e. The summed E-state index contributed by atoms with van der Waals surface area (Å²) >= 11 is 0. The number of nitrogens with zero attached hydrogens (tertiary/aromatic N) is 1. The molecule has 0 aliphatic carbocycles. The molecule has 4 nitrogen and oxygen atoms in total. The Labute approximate surface area is 125 Å². The van der Waals surface area contributed by atoms with Crippen molar-refractivity contribution in [1.29, 1.82) is 0 Å². The average Bonchev–Trinajstić information content (AvgIpc) is 2.53. The second kappa shape index (κ2) is 6.39. The number of carbonyl (C=O) groups is 1. The van der Waals surface area contributed by atoms with Crippen molar-refractivity contribution in [1.82, 2.24) is 10.3 Å². The highest BCUT2D eigenvalue weighted by Gasteiger charge is 2.29. The number of benzene rings is 1. The molecule has 1 aromatic heterocycles. The Bertz CT molecular complexity index is 592. The third-order valence-corrected chi connectivity index (χ3v) is 3.54. The molecule has 4 heteroatoms. The third kappa shape index (κ3) is 3.60. The topological polar surface area (TPSA) is 51.2 Å². The normalized spacial score (nSPS) is 11.0. The van der Waals surface area contributed by atoms with Crippen LogP contribution >= 0.6 is 0 Å². The van der Waals surface area contributed by atoms with E-state index in [0.29, 0.717) is 6.54 Å². The van der Waals surface area contributed by atoms with Gasteiger partial charge >= 0.3 is 0 Å². The van der Waals surface area contributed by atoms with E-state index < -0.39 is 5.41 Å². The van der Waals surface area contributed by atoms with Gasteiger partial charge in [0.2, 0.25) is 5.91 Å². The van der Waals surface area contributed by atoms with Crippen molar-refractivity contribution in [2.45, 2.75) is 25.8 Å². The highest BCUT2D eigenvalue weighted by atomic mass is 16.5. The number of methoxy groups -OCH3 is 1. The lowest BCUT2D eigenvalue weighted by atomic mass is 9.83. The van der Waals surface area contributed by atoms with E-state index in [-0.39, 0.29) is 5.91 Å². The van der Waals surface area contributed by atoms with Gasteiger partial charge in [-0.05, 0) is 43.7 Å². The third-order valence-electron chi connectivity index (χ3n) is 3.54. The summed E-state index contributed by atoms with van der Waals surface area (Å²) in [7, 11) is 1.62. The van der Waals surface area contributed by atoms with Crippen molar-refractivity contribution in [2.75, 3.05) is 7.11 Å². The van der Waals surface area contributed by atoms with Crippen molar-refractivity contribution in [3.05, 3.63) is 59.9 Å². The molecule has 0 saturated heterocycles.